The third-order valence-electron chi connectivity index (χ3n) is 6.86. The Morgan fingerprint density at radius 2 is 2.02 bits per heavy atom. The van der Waals surface area contributed by atoms with Gasteiger partial charge >= 0.3 is 0 Å². The van der Waals surface area contributed by atoms with E-state index in [2.05, 4.69) is 10.7 Å². The summed E-state index contributed by atoms with van der Waals surface area (Å²) in [4.78, 5) is 16.2. The average molecular weight is 567 g/mol. The van der Waals surface area contributed by atoms with Crippen LogP contribution in [0, 0.1) is 34.2 Å². The van der Waals surface area contributed by atoms with Crippen LogP contribution in [0.4, 0.5) is 21.6 Å². The minimum Gasteiger partial charge on any atom is -0.494 e. The van der Waals surface area contributed by atoms with Gasteiger partial charge in [0.2, 0.25) is 0 Å². The second-order valence-electron chi connectivity index (χ2n) is 9.18. The number of aliphatic imine (C=N–C) groups is 1. The highest BCUT2D eigenvalue weighted by Gasteiger charge is 2.46. The van der Waals surface area contributed by atoms with Crippen LogP contribution < -0.4 is 10.0 Å². The molecule has 2 aliphatic rings. The van der Waals surface area contributed by atoms with Gasteiger partial charge in [-0.2, -0.15) is 10.4 Å². The van der Waals surface area contributed by atoms with Crippen LogP contribution in [-0.2, 0) is 11.3 Å². The van der Waals surface area contributed by atoms with Crippen LogP contribution in [0.15, 0.2) is 52.2 Å². The molecule has 1 atom stereocenters. The highest BCUT2D eigenvalue weighted by atomic mass is 31.2. The van der Waals surface area contributed by atoms with Crippen molar-refractivity contribution in [3.63, 3.8) is 0 Å². The molecule has 208 valence electrons. The number of non-ortho nitro benzene ring substituents is 1. The van der Waals surface area contributed by atoms with Crippen LogP contribution in [0.5, 0.6) is 5.75 Å². The average Bonchev–Trinajstić information content (AvgIpc) is 3.29. The number of nitriles is 1. The summed E-state index contributed by atoms with van der Waals surface area (Å²) < 4.78 is 37.6. The number of fused-ring (bicyclic) bond motifs is 1. The fraction of sp³-hybridized carbons (Fsp3) is 0.346. The van der Waals surface area contributed by atoms with Gasteiger partial charge in [-0.1, -0.05) is 12.1 Å². The maximum Gasteiger partial charge on any atom is 0.271 e. The zero-order chi connectivity index (χ0) is 28.4. The maximum atomic E-state index is 15.3. The number of benzene rings is 2. The molecule has 2 aromatic carbocycles. The van der Waals surface area contributed by atoms with Gasteiger partial charge in [0.05, 0.1) is 60.8 Å². The molecule has 0 bridgehead atoms. The summed E-state index contributed by atoms with van der Waals surface area (Å²) in [6, 6.07) is 12.8. The van der Waals surface area contributed by atoms with Crippen molar-refractivity contribution in [3.8, 4) is 11.8 Å². The SMILES string of the molecule is COc1ccc([N+](=O)[O-])cc1N=P1(N2CCOCC2)c2c(C)nn(CCC#N)c2N=C(c2ccccc2F)N1C. The molecule has 12 nitrogen and oxygen atoms in total. The van der Waals surface area contributed by atoms with Crippen LogP contribution in [0.1, 0.15) is 17.7 Å². The topological polar surface area (TPSA) is 134 Å². The van der Waals surface area contributed by atoms with Crippen molar-refractivity contribution < 1.29 is 18.8 Å². The van der Waals surface area contributed by atoms with E-state index >= 15 is 4.39 Å². The minimum absolute atomic E-state index is 0.135. The summed E-state index contributed by atoms with van der Waals surface area (Å²) in [6.45, 7) is 4.04. The molecule has 0 saturated carbocycles. The van der Waals surface area contributed by atoms with E-state index in [-0.39, 0.29) is 29.9 Å². The lowest BCUT2D eigenvalue weighted by Gasteiger charge is -2.46. The number of amidine groups is 1. The van der Waals surface area contributed by atoms with Crippen molar-refractivity contribution >= 4 is 35.7 Å². The van der Waals surface area contributed by atoms with E-state index in [0.29, 0.717) is 49.4 Å². The Hall–Kier alpha value is -4.11. The summed E-state index contributed by atoms with van der Waals surface area (Å²) in [5.41, 5.74) is 1.08. The number of nitrogens with zero attached hydrogens (tertiary/aromatic N) is 8. The smallest absolute Gasteiger partial charge is 0.271 e. The summed E-state index contributed by atoms with van der Waals surface area (Å²) in [5.74, 6) is 0.732. The van der Waals surface area contributed by atoms with Gasteiger partial charge in [0.25, 0.3) is 5.69 Å². The normalized spacial score (nSPS) is 19.0. The van der Waals surface area contributed by atoms with E-state index in [1.54, 1.807) is 22.9 Å². The first-order valence-electron chi connectivity index (χ1n) is 12.6. The lowest BCUT2D eigenvalue weighted by atomic mass is 10.2. The number of halogens is 1. The van der Waals surface area contributed by atoms with Crippen LogP contribution >= 0.6 is 7.36 Å². The molecule has 1 aromatic heterocycles. The Morgan fingerprint density at radius 1 is 1.27 bits per heavy atom. The lowest BCUT2D eigenvalue weighted by Crippen LogP contribution is -2.45. The largest absolute Gasteiger partial charge is 0.494 e. The quantitative estimate of drug-likeness (QED) is 0.232. The van der Waals surface area contributed by atoms with Crippen molar-refractivity contribution in [3.05, 3.63) is 69.7 Å². The maximum absolute atomic E-state index is 15.3. The van der Waals surface area contributed by atoms with E-state index in [4.69, 9.17) is 24.3 Å². The molecule has 1 saturated heterocycles. The van der Waals surface area contributed by atoms with Gasteiger partial charge in [0.1, 0.15) is 23.1 Å². The number of ether oxygens (including phenoxy) is 2. The standard InChI is InChI=1S/C26H28FN8O4P/c1-18-24-26(34(30-18)12-6-11-28)29-25(20-7-4-5-8-21(20)27)32(2)40(24,33-13-15-39-16-14-33)31-22-17-19(35(36)37)9-10-23(22)38-3/h4-5,7-10,17H,6,12-16H2,1-3H3. The van der Waals surface area contributed by atoms with Crippen molar-refractivity contribution in [2.24, 2.45) is 9.74 Å². The number of aromatic nitrogens is 2. The molecule has 1 unspecified atom stereocenters. The van der Waals surface area contributed by atoms with E-state index < -0.39 is 18.1 Å². The van der Waals surface area contributed by atoms with Crippen molar-refractivity contribution in [1.29, 1.82) is 5.26 Å². The molecule has 5 rings (SSSR count). The van der Waals surface area contributed by atoms with Gasteiger partial charge in [-0.05, 0) is 25.1 Å². The van der Waals surface area contributed by atoms with Gasteiger partial charge in [-0.15, -0.1) is 0 Å². The number of hydrogen-bond acceptors (Lipinski definition) is 8. The van der Waals surface area contributed by atoms with Crippen LogP contribution in [0.2, 0.25) is 0 Å². The monoisotopic (exact) mass is 566 g/mol. The zero-order valence-corrected chi connectivity index (χ0v) is 23.2. The Kier molecular flexibility index (Phi) is 7.67. The number of hydrogen-bond donors (Lipinski definition) is 0. The lowest BCUT2D eigenvalue weighted by molar-refractivity contribution is -0.384. The Bertz CT molecular complexity index is 1590. The fourth-order valence-electron chi connectivity index (χ4n) is 5.03. The molecule has 0 aliphatic carbocycles. The summed E-state index contributed by atoms with van der Waals surface area (Å²) >= 11 is 0. The first kappa shape index (κ1) is 27.5. The van der Waals surface area contributed by atoms with Crippen LogP contribution in [-0.4, -0.2) is 70.3 Å². The van der Waals surface area contributed by atoms with Gasteiger partial charge in [-0.25, -0.2) is 23.5 Å². The second kappa shape index (κ2) is 11.2. The van der Waals surface area contributed by atoms with Crippen molar-refractivity contribution in [1.82, 2.24) is 19.1 Å². The van der Waals surface area contributed by atoms with Crippen molar-refractivity contribution in [2.45, 2.75) is 19.9 Å². The third kappa shape index (κ3) is 4.64. The number of nitro benzene ring substituents is 1. The summed E-state index contributed by atoms with van der Waals surface area (Å²) in [7, 11) is 0.192. The molecule has 1 fully saturated rings. The van der Waals surface area contributed by atoms with Crippen molar-refractivity contribution in [2.75, 3.05) is 40.5 Å². The number of morpholine rings is 1. The third-order valence-corrected chi connectivity index (χ3v) is 10.7. The predicted octanol–water partition coefficient (Wildman–Crippen LogP) is 4.51. The number of rotatable bonds is 7. The van der Waals surface area contributed by atoms with E-state index in [9.17, 15) is 15.4 Å². The first-order valence-corrected chi connectivity index (χ1v) is 14.3. The highest BCUT2D eigenvalue weighted by molar-refractivity contribution is 7.70. The molecule has 2 aliphatic heterocycles. The van der Waals surface area contributed by atoms with E-state index in [0.717, 1.165) is 5.30 Å². The van der Waals surface area contributed by atoms with E-state index in [1.807, 2.05) is 18.6 Å². The van der Waals surface area contributed by atoms with Crippen LogP contribution in [0.3, 0.4) is 0 Å². The molecule has 3 aromatic rings. The zero-order valence-electron chi connectivity index (χ0n) is 22.3. The molecule has 0 spiro atoms. The Morgan fingerprint density at radius 3 is 2.70 bits per heavy atom. The van der Waals surface area contributed by atoms with E-state index in [1.165, 1.54) is 31.4 Å². The number of methoxy groups -OCH3 is 1. The summed E-state index contributed by atoms with van der Waals surface area (Å²) in [6.07, 6.45) is 0.201. The molecule has 3 heterocycles. The molecule has 40 heavy (non-hydrogen) atoms. The minimum atomic E-state index is -3.10. The number of nitro groups is 1. The molecule has 14 heteroatoms. The van der Waals surface area contributed by atoms with Gasteiger partial charge in [-0.3, -0.25) is 10.1 Å². The fourth-order valence-corrected chi connectivity index (χ4v) is 8.86. The molecule has 0 radical (unpaired) electrons. The molecule has 0 N–H and O–H groups in total. The summed E-state index contributed by atoms with van der Waals surface area (Å²) in [5, 5.41) is 26.5. The Labute approximate surface area is 230 Å². The van der Waals surface area contributed by atoms with Crippen LogP contribution in [0.25, 0.3) is 0 Å². The molecular weight excluding hydrogens is 538 g/mol. The second-order valence-corrected chi connectivity index (χ2v) is 12.1. The molecule has 0 amide bonds. The first-order chi connectivity index (χ1) is 19.3. The molecular formula is C26H28FN8O4P. The highest BCUT2D eigenvalue weighted by Crippen LogP contribution is 2.62. The predicted molar refractivity (Wildman–Crippen MR) is 148 cm³/mol. The number of aryl methyl sites for hydroxylation is 2. The van der Waals surface area contributed by atoms with Gasteiger partial charge in [0, 0.05) is 32.3 Å². The van der Waals surface area contributed by atoms with Gasteiger partial charge < -0.3 is 14.1 Å². The Balaban J connectivity index is 1.90. The van der Waals surface area contributed by atoms with Gasteiger partial charge in [0.15, 0.2) is 13.2 Å².